The Labute approximate surface area is 231 Å². The van der Waals surface area contributed by atoms with E-state index in [1.165, 1.54) is 11.3 Å². The van der Waals surface area contributed by atoms with Crippen LogP contribution < -0.4 is 10.6 Å². The highest BCUT2D eigenvalue weighted by atomic mass is 32.1. The largest absolute Gasteiger partial charge is 0.396 e. The number of anilines is 2. The summed E-state index contributed by atoms with van der Waals surface area (Å²) in [6, 6.07) is 0.0489. The number of hydrogen-bond donors (Lipinski definition) is 3. The number of rotatable bonds is 7. The standard InChI is InChI=1S/C28H24F4N6OS/c1-5-17(20-23(31)21(29)12(2)22(30)24(20)32)36-28-34-13(3)19(26(38-28)35-16-7-6-15(10-16)11-39)27-37-25-14(4)33-9-8-18(25)40-27/h1,6-9,15-17,39H,10-11H2,2-4H3,(H2,34,35,36,38)/t15-,16+,17-/m1/s1. The second-order valence-corrected chi connectivity index (χ2v) is 10.5. The summed E-state index contributed by atoms with van der Waals surface area (Å²) in [7, 11) is 0. The second-order valence-electron chi connectivity index (χ2n) is 9.47. The maximum atomic E-state index is 14.8. The summed E-state index contributed by atoms with van der Waals surface area (Å²) in [5, 5.41) is 16.1. The number of hydrogen-bond acceptors (Lipinski definition) is 8. The van der Waals surface area contributed by atoms with Crippen LogP contribution in [0.15, 0.2) is 24.4 Å². The van der Waals surface area contributed by atoms with Crippen molar-refractivity contribution in [1.82, 2.24) is 19.9 Å². The van der Waals surface area contributed by atoms with Crippen LogP contribution in [-0.2, 0) is 0 Å². The number of terminal acetylenes is 1. The van der Waals surface area contributed by atoms with Gasteiger partial charge in [0.2, 0.25) is 5.95 Å². The van der Waals surface area contributed by atoms with Crippen LogP contribution in [0.4, 0.5) is 29.3 Å². The van der Waals surface area contributed by atoms with Gasteiger partial charge in [0.25, 0.3) is 0 Å². The lowest BCUT2D eigenvalue weighted by Gasteiger charge is -2.20. The van der Waals surface area contributed by atoms with E-state index < -0.39 is 40.4 Å². The summed E-state index contributed by atoms with van der Waals surface area (Å²) in [4.78, 5) is 18.0. The molecule has 3 heterocycles. The molecule has 0 radical (unpaired) electrons. The Morgan fingerprint density at radius 1 is 1.05 bits per heavy atom. The fraction of sp³-hybridized carbons (Fsp3) is 0.286. The van der Waals surface area contributed by atoms with Crippen LogP contribution in [0.5, 0.6) is 0 Å². The maximum Gasteiger partial charge on any atom is 0.226 e. The smallest absolute Gasteiger partial charge is 0.226 e. The van der Waals surface area contributed by atoms with Gasteiger partial charge < -0.3 is 15.7 Å². The zero-order chi connectivity index (χ0) is 28.7. The number of thiazole rings is 1. The summed E-state index contributed by atoms with van der Waals surface area (Å²) in [6.45, 7) is 4.49. The zero-order valence-corrected chi connectivity index (χ0v) is 22.5. The van der Waals surface area contributed by atoms with Crippen molar-refractivity contribution >= 4 is 33.3 Å². The molecular weight excluding hydrogens is 544 g/mol. The van der Waals surface area contributed by atoms with Gasteiger partial charge >= 0.3 is 0 Å². The molecule has 5 rings (SSSR count). The summed E-state index contributed by atoms with van der Waals surface area (Å²) in [5.74, 6) is -3.90. The predicted octanol–water partition coefficient (Wildman–Crippen LogP) is 5.77. The Kier molecular flexibility index (Phi) is 7.44. The molecule has 0 saturated heterocycles. The summed E-state index contributed by atoms with van der Waals surface area (Å²) in [6.07, 6.45) is 11.7. The van der Waals surface area contributed by atoms with Crippen molar-refractivity contribution in [3.63, 3.8) is 0 Å². The minimum absolute atomic E-state index is 0.00800. The van der Waals surface area contributed by atoms with Gasteiger partial charge in [0, 0.05) is 30.3 Å². The van der Waals surface area contributed by atoms with Gasteiger partial charge in [-0.05, 0) is 33.3 Å². The molecule has 0 aliphatic heterocycles. The normalized spacial score (nSPS) is 17.3. The van der Waals surface area contributed by atoms with Gasteiger partial charge in [0.05, 0.1) is 27.2 Å². The quantitative estimate of drug-likeness (QED) is 0.113. The highest BCUT2D eigenvalue weighted by molar-refractivity contribution is 7.21. The number of halogens is 4. The number of aryl methyl sites for hydroxylation is 2. The molecule has 1 aliphatic carbocycles. The molecule has 0 spiro atoms. The molecule has 0 bridgehead atoms. The Balaban J connectivity index is 1.59. The summed E-state index contributed by atoms with van der Waals surface area (Å²) >= 11 is 1.42. The average molecular weight is 569 g/mol. The lowest BCUT2D eigenvalue weighted by molar-refractivity contribution is 0.250. The predicted molar refractivity (Wildman–Crippen MR) is 146 cm³/mol. The average Bonchev–Trinajstić information content (AvgIpc) is 3.57. The number of nitrogens with one attached hydrogen (secondary N) is 2. The minimum atomic E-state index is -1.62. The molecule has 3 N–H and O–H groups in total. The maximum absolute atomic E-state index is 14.8. The van der Waals surface area contributed by atoms with Gasteiger partial charge in [-0.25, -0.2) is 27.5 Å². The van der Waals surface area contributed by atoms with Gasteiger partial charge in [-0.1, -0.05) is 18.1 Å². The Morgan fingerprint density at radius 2 is 1.77 bits per heavy atom. The van der Waals surface area contributed by atoms with Crippen LogP contribution in [0.1, 0.15) is 35.0 Å². The first kappa shape index (κ1) is 27.5. The molecule has 0 unspecified atom stereocenters. The van der Waals surface area contributed by atoms with Gasteiger partial charge in [0.1, 0.15) is 22.4 Å². The van der Waals surface area contributed by atoms with Gasteiger partial charge in [-0.3, -0.25) is 4.98 Å². The van der Waals surface area contributed by atoms with Crippen LogP contribution in [0, 0.1) is 62.3 Å². The van der Waals surface area contributed by atoms with Gasteiger partial charge in [0.15, 0.2) is 23.3 Å². The number of nitrogens with zero attached hydrogens (tertiary/aromatic N) is 4. The zero-order valence-electron chi connectivity index (χ0n) is 21.7. The topological polar surface area (TPSA) is 95.9 Å². The number of aliphatic hydroxyl groups excluding tert-OH is 1. The lowest BCUT2D eigenvalue weighted by Crippen LogP contribution is -2.21. The van der Waals surface area contributed by atoms with Crippen LogP contribution in [0.3, 0.4) is 0 Å². The fourth-order valence-corrected chi connectivity index (χ4v) is 5.73. The third-order valence-electron chi connectivity index (χ3n) is 6.77. The SMILES string of the molecule is C#C[C@@H](Nc1nc(C)c(-c2nc3c(C)nccc3s2)c(N[C@H]2C=C[C@@H](CO)C2)n1)c1c(F)c(F)c(C)c(F)c1F. The molecule has 0 amide bonds. The van der Waals surface area contributed by atoms with Crippen molar-refractivity contribution in [3.8, 4) is 22.9 Å². The Hall–Kier alpha value is -4.08. The third kappa shape index (κ3) is 4.87. The molecule has 7 nitrogen and oxygen atoms in total. The van der Waals surface area contributed by atoms with Crippen LogP contribution >= 0.6 is 11.3 Å². The number of aromatic nitrogens is 4. The molecule has 4 aromatic rings. The van der Waals surface area contributed by atoms with Gasteiger partial charge in [-0.2, -0.15) is 4.98 Å². The first-order valence-electron chi connectivity index (χ1n) is 12.3. The fourth-order valence-electron chi connectivity index (χ4n) is 4.62. The van der Waals surface area contributed by atoms with Gasteiger partial charge in [-0.15, -0.1) is 17.8 Å². The second kappa shape index (κ2) is 10.8. The molecule has 0 saturated carbocycles. The molecule has 3 atom stereocenters. The molecule has 1 aromatic carbocycles. The van der Waals surface area contributed by atoms with Crippen molar-refractivity contribution in [2.75, 3.05) is 17.2 Å². The van der Waals surface area contributed by atoms with Crippen molar-refractivity contribution in [3.05, 3.63) is 70.2 Å². The summed E-state index contributed by atoms with van der Waals surface area (Å²) < 4.78 is 59.0. The van der Waals surface area contributed by atoms with E-state index in [1.807, 2.05) is 25.1 Å². The van der Waals surface area contributed by atoms with Crippen molar-refractivity contribution in [1.29, 1.82) is 0 Å². The molecular formula is C28H24F4N6OS. The van der Waals surface area contributed by atoms with Crippen molar-refractivity contribution in [2.45, 2.75) is 39.3 Å². The Bertz CT molecular complexity index is 1670. The van der Waals surface area contributed by atoms with Crippen molar-refractivity contribution in [2.24, 2.45) is 5.92 Å². The number of benzene rings is 1. The van der Waals surface area contributed by atoms with E-state index in [2.05, 4.69) is 31.5 Å². The van der Waals surface area contributed by atoms with E-state index >= 15 is 0 Å². The third-order valence-corrected chi connectivity index (χ3v) is 7.81. The number of aliphatic hydroxyl groups is 1. The molecule has 12 heteroatoms. The summed E-state index contributed by atoms with van der Waals surface area (Å²) in [5.41, 5.74) is 0.774. The van der Waals surface area contributed by atoms with Crippen molar-refractivity contribution < 1.29 is 22.7 Å². The molecule has 0 fully saturated rings. The molecule has 40 heavy (non-hydrogen) atoms. The number of fused-ring (bicyclic) bond motifs is 1. The molecule has 3 aromatic heterocycles. The number of pyridine rings is 1. The van der Waals surface area contributed by atoms with E-state index in [0.29, 0.717) is 28.5 Å². The Morgan fingerprint density at radius 3 is 2.40 bits per heavy atom. The highest BCUT2D eigenvalue weighted by Crippen LogP contribution is 2.38. The van der Waals surface area contributed by atoms with Crippen LogP contribution in [0.2, 0.25) is 0 Å². The first-order valence-corrected chi connectivity index (χ1v) is 13.2. The highest BCUT2D eigenvalue weighted by Gasteiger charge is 2.29. The van der Waals surface area contributed by atoms with E-state index in [1.54, 1.807) is 13.1 Å². The minimum Gasteiger partial charge on any atom is -0.396 e. The van der Waals surface area contributed by atoms with Crippen LogP contribution in [-0.4, -0.2) is 37.7 Å². The van der Waals surface area contributed by atoms with E-state index in [4.69, 9.17) is 11.4 Å². The monoisotopic (exact) mass is 568 g/mol. The van der Waals surface area contributed by atoms with Crippen LogP contribution in [0.25, 0.3) is 20.8 Å². The molecule has 1 aliphatic rings. The first-order chi connectivity index (χ1) is 19.1. The molecule has 206 valence electrons. The lowest BCUT2D eigenvalue weighted by atomic mass is 10.0. The van der Waals surface area contributed by atoms with E-state index in [9.17, 15) is 22.7 Å². The van der Waals surface area contributed by atoms with E-state index in [-0.39, 0.29) is 24.5 Å². The van der Waals surface area contributed by atoms with E-state index in [0.717, 1.165) is 22.8 Å².